The van der Waals surface area contributed by atoms with Gasteiger partial charge in [0.15, 0.2) is 9.84 Å². The lowest BCUT2D eigenvalue weighted by Crippen LogP contribution is -2.40. The first-order valence-corrected chi connectivity index (χ1v) is 9.40. The van der Waals surface area contributed by atoms with Crippen LogP contribution in [0.25, 0.3) is 0 Å². The molecule has 1 fully saturated rings. The van der Waals surface area contributed by atoms with Gasteiger partial charge in [-0.3, -0.25) is 0 Å². The number of amides is 1. The van der Waals surface area contributed by atoms with E-state index < -0.39 is 9.84 Å². The predicted molar refractivity (Wildman–Crippen MR) is 86.4 cm³/mol. The fourth-order valence-corrected chi connectivity index (χ4v) is 4.38. The Morgan fingerprint density at radius 2 is 1.83 bits per heavy atom. The van der Waals surface area contributed by atoms with Crippen molar-refractivity contribution in [2.45, 2.75) is 24.7 Å². The van der Waals surface area contributed by atoms with Crippen molar-refractivity contribution in [1.82, 2.24) is 4.90 Å². The fraction of sp³-hybridized carbons (Fsp3) is 0.562. The number of hydrogen-bond acceptors (Lipinski definition) is 5. The average molecular weight is 341 g/mol. The van der Waals surface area contributed by atoms with Crippen molar-refractivity contribution in [3.8, 4) is 5.75 Å². The second-order valence-electron chi connectivity index (χ2n) is 5.59. The number of piperidine rings is 1. The Hall–Kier alpha value is -1.76. The number of ether oxygens (including phenoxy) is 2. The van der Waals surface area contributed by atoms with E-state index in [-0.39, 0.29) is 17.8 Å². The SMILES string of the molecule is CCOC(=O)N1CCC(CS(=O)(=O)c2ccc(OC)cc2)CC1. The molecule has 1 aromatic rings. The molecule has 128 valence electrons. The Balaban J connectivity index is 1.93. The molecule has 0 radical (unpaired) electrons. The summed E-state index contributed by atoms with van der Waals surface area (Å²) in [5.74, 6) is 0.801. The van der Waals surface area contributed by atoms with Gasteiger partial charge in [-0.25, -0.2) is 13.2 Å². The van der Waals surface area contributed by atoms with Crippen LogP contribution in [0.4, 0.5) is 4.79 Å². The van der Waals surface area contributed by atoms with Crippen LogP contribution in [0.3, 0.4) is 0 Å². The van der Waals surface area contributed by atoms with Gasteiger partial charge in [-0.15, -0.1) is 0 Å². The van der Waals surface area contributed by atoms with Crippen LogP contribution in [-0.2, 0) is 14.6 Å². The van der Waals surface area contributed by atoms with E-state index in [1.54, 1.807) is 43.2 Å². The molecule has 0 spiro atoms. The standard InChI is InChI=1S/C16H23NO5S/c1-3-22-16(18)17-10-8-13(9-11-17)12-23(19,20)15-6-4-14(21-2)5-7-15/h4-7,13H,3,8-12H2,1-2H3. The lowest BCUT2D eigenvalue weighted by molar-refractivity contribution is 0.0936. The van der Waals surface area contributed by atoms with Crippen LogP contribution in [0.15, 0.2) is 29.2 Å². The van der Waals surface area contributed by atoms with Crippen LogP contribution in [0.5, 0.6) is 5.75 Å². The molecule has 1 heterocycles. The maximum atomic E-state index is 12.5. The van der Waals surface area contributed by atoms with E-state index in [0.717, 1.165) is 0 Å². The summed E-state index contributed by atoms with van der Waals surface area (Å²) < 4.78 is 35.0. The molecule has 7 heteroatoms. The average Bonchev–Trinajstić information content (AvgIpc) is 2.55. The van der Waals surface area contributed by atoms with Gasteiger partial charge in [0.1, 0.15) is 5.75 Å². The molecule has 0 aliphatic carbocycles. The summed E-state index contributed by atoms with van der Waals surface area (Å²) in [4.78, 5) is 13.6. The molecule has 1 aliphatic heterocycles. The van der Waals surface area contributed by atoms with Gasteiger partial charge in [0.05, 0.1) is 24.4 Å². The molecule has 0 bridgehead atoms. The lowest BCUT2D eigenvalue weighted by atomic mass is 9.99. The molecular weight excluding hydrogens is 318 g/mol. The highest BCUT2D eigenvalue weighted by Crippen LogP contribution is 2.24. The van der Waals surface area contributed by atoms with Gasteiger partial charge in [0, 0.05) is 13.1 Å². The monoisotopic (exact) mass is 341 g/mol. The Bertz CT molecular complexity index is 618. The number of methoxy groups -OCH3 is 1. The molecule has 0 saturated carbocycles. The van der Waals surface area contributed by atoms with Gasteiger partial charge in [-0.1, -0.05) is 0 Å². The first kappa shape index (κ1) is 17.6. The third-order valence-corrected chi connectivity index (χ3v) is 5.91. The number of benzene rings is 1. The van der Waals surface area contributed by atoms with Gasteiger partial charge in [0.25, 0.3) is 0 Å². The van der Waals surface area contributed by atoms with Gasteiger partial charge >= 0.3 is 6.09 Å². The molecule has 0 unspecified atom stereocenters. The van der Waals surface area contributed by atoms with Crippen molar-refractivity contribution in [3.05, 3.63) is 24.3 Å². The number of likely N-dealkylation sites (tertiary alicyclic amines) is 1. The zero-order chi connectivity index (χ0) is 16.9. The minimum atomic E-state index is -3.32. The highest BCUT2D eigenvalue weighted by molar-refractivity contribution is 7.91. The smallest absolute Gasteiger partial charge is 0.409 e. The first-order chi connectivity index (χ1) is 11.0. The van der Waals surface area contributed by atoms with Crippen LogP contribution in [-0.4, -0.2) is 52.0 Å². The van der Waals surface area contributed by atoms with Gasteiger partial charge in [-0.05, 0) is 49.9 Å². The minimum absolute atomic E-state index is 0.0628. The molecule has 6 nitrogen and oxygen atoms in total. The van der Waals surface area contributed by atoms with Crippen LogP contribution in [0.2, 0.25) is 0 Å². The zero-order valence-corrected chi connectivity index (χ0v) is 14.3. The molecule has 2 rings (SSSR count). The largest absolute Gasteiger partial charge is 0.497 e. The van der Waals surface area contributed by atoms with Crippen LogP contribution < -0.4 is 4.74 Å². The number of hydrogen-bond donors (Lipinski definition) is 0. The maximum absolute atomic E-state index is 12.5. The topological polar surface area (TPSA) is 72.9 Å². The lowest BCUT2D eigenvalue weighted by Gasteiger charge is -2.31. The second-order valence-corrected chi connectivity index (χ2v) is 7.62. The summed E-state index contributed by atoms with van der Waals surface area (Å²) in [5.41, 5.74) is 0. The fourth-order valence-electron chi connectivity index (χ4n) is 2.69. The van der Waals surface area contributed by atoms with Crippen molar-refractivity contribution in [1.29, 1.82) is 0 Å². The molecule has 0 aromatic heterocycles. The maximum Gasteiger partial charge on any atom is 0.409 e. The molecule has 1 aliphatic rings. The summed E-state index contributed by atoms with van der Waals surface area (Å²) in [6.45, 7) is 3.21. The third-order valence-electron chi connectivity index (χ3n) is 4.01. The summed E-state index contributed by atoms with van der Waals surface area (Å²) in [7, 11) is -1.78. The molecule has 0 atom stereocenters. The van der Waals surface area contributed by atoms with E-state index in [2.05, 4.69) is 0 Å². The van der Waals surface area contributed by atoms with Gasteiger partial charge in [-0.2, -0.15) is 0 Å². The summed E-state index contributed by atoms with van der Waals surface area (Å²) in [6.07, 6.45) is 1.03. The van der Waals surface area contributed by atoms with E-state index in [1.807, 2.05) is 0 Å². The van der Waals surface area contributed by atoms with E-state index in [0.29, 0.717) is 43.2 Å². The third kappa shape index (κ3) is 4.60. The highest BCUT2D eigenvalue weighted by atomic mass is 32.2. The summed E-state index contributed by atoms with van der Waals surface area (Å²) >= 11 is 0. The number of nitrogens with zero attached hydrogens (tertiary/aromatic N) is 1. The zero-order valence-electron chi connectivity index (χ0n) is 13.5. The Morgan fingerprint density at radius 3 is 2.35 bits per heavy atom. The number of sulfone groups is 1. The van der Waals surface area contributed by atoms with Crippen molar-refractivity contribution >= 4 is 15.9 Å². The normalized spacial score (nSPS) is 16.2. The predicted octanol–water partition coefficient (Wildman–Crippen LogP) is 2.34. The molecule has 1 aromatic carbocycles. The highest BCUT2D eigenvalue weighted by Gasteiger charge is 2.27. The summed E-state index contributed by atoms with van der Waals surface area (Å²) in [5, 5.41) is 0. The van der Waals surface area contributed by atoms with Crippen molar-refractivity contribution in [2.24, 2.45) is 5.92 Å². The number of rotatable bonds is 5. The first-order valence-electron chi connectivity index (χ1n) is 7.74. The Labute approximate surface area is 137 Å². The van der Waals surface area contributed by atoms with E-state index in [4.69, 9.17) is 9.47 Å². The Kier molecular flexibility index (Phi) is 5.87. The minimum Gasteiger partial charge on any atom is -0.497 e. The summed E-state index contributed by atoms with van der Waals surface area (Å²) in [6, 6.07) is 6.44. The molecule has 0 N–H and O–H groups in total. The van der Waals surface area contributed by atoms with Gasteiger partial charge < -0.3 is 14.4 Å². The van der Waals surface area contributed by atoms with Gasteiger partial charge in [0.2, 0.25) is 0 Å². The quantitative estimate of drug-likeness (QED) is 0.822. The second kappa shape index (κ2) is 7.68. The van der Waals surface area contributed by atoms with E-state index in [9.17, 15) is 13.2 Å². The van der Waals surface area contributed by atoms with Crippen LogP contribution in [0.1, 0.15) is 19.8 Å². The number of carbonyl (C=O) groups is 1. The van der Waals surface area contributed by atoms with E-state index >= 15 is 0 Å². The van der Waals surface area contributed by atoms with Crippen LogP contribution >= 0.6 is 0 Å². The van der Waals surface area contributed by atoms with Crippen molar-refractivity contribution in [3.63, 3.8) is 0 Å². The van der Waals surface area contributed by atoms with Crippen molar-refractivity contribution < 1.29 is 22.7 Å². The number of carbonyl (C=O) groups excluding carboxylic acids is 1. The molecule has 1 saturated heterocycles. The molecular formula is C16H23NO5S. The molecule has 23 heavy (non-hydrogen) atoms. The van der Waals surface area contributed by atoms with Crippen LogP contribution in [0, 0.1) is 5.92 Å². The molecule has 1 amide bonds. The Morgan fingerprint density at radius 1 is 1.22 bits per heavy atom. The van der Waals surface area contributed by atoms with E-state index in [1.165, 1.54) is 0 Å². The van der Waals surface area contributed by atoms with Crippen molar-refractivity contribution in [2.75, 3.05) is 32.6 Å².